The SMILES string of the molecule is CC(=Cc1ccccc1)CN(C)Cc1nnc(SCc2ccccn2)n1CC1CCCO1. The first-order valence-corrected chi connectivity index (χ1v) is 12.1. The second-order valence-electron chi connectivity index (χ2n) is 8.33. The highest BCUT2D eigenvalue weighted by atomic mass is 32.2. The van der Waals surface area contributed by atoms with E-state index in [4.69, 9.17) is 4.74 Å². The van der Waals surface area contributed by atoms with E-state index in [1.165, 1.54) is 11.1 Å². The van der Waals surface area contributed by atoms with E-state index >= 15 is 0 Å². The van der Waals surface area contributed by atoms with Gasteiger partial charge in [0, 0.05) is 25.1 Å². The first-order valence-electron chi connectivity index (χ1n) is 11.1. The van der Waals surface area contributed by atoms with Crippen LogP contribution in [0.15, 0.2) is 65.5 Å². The molecular weight excluding hydrogens is 418 g/mol. The van der Waals surface area contributed by atoms with Crippen molar-refractivity contribution < 1.29 is 4.74 Å². The lowest BCUT2D eigenvalue weighted by Crippen LogP contribution is -2.24. The molecule has 1 fully saturated rings. The Labute approximate surface area is 194 Å². The van der Waals surface area contributed by atoms with Gasteiger partial charge in [0.25, 0.3) is 0 Å². The molecule has 1 aliphatic heterocycles. The summed E-state index contributed by atoms with van der Waals surface area (Å²) in [5, 5.41) is 10.0. The number of likely N-dealkylation sites (N-methyl/N-ethyl adjacent to an activating group) is 1. The summed E-state index contributed by atoms with van der Waals surface area (Å²) < 4.78 is 8.16. The quantitative estimate of drug-likeness (QED) is 0.419. The second-order valence-corrected chi connectivity index (χ2v) is 9.27. The lowest BCUT2D eigenvalue weighted by molar-refractivity contribution is 0.0935. The largest absolute Gasteiger partial charge is 0.376 e. The number of ether oxygens (including phenoxy) is 1. The highest BCUT2D eigenvalue weighted by molar-refractivity contribution is 7.98. The van der Waals surface area contributed by atoms with Crippen LogP contribution >= 0.6 is 11.8 Å². The van der Waals surface area contributed by atoms with Crippen molar-refractivity contribution in [3.63, 3.8) is 0 Å². The zero-order valence-electron chi connectivity index (χ0n) is 18.9. The summed E-state index contributed by atoms with van der Waals surface area (Å²) in [6.45, 7) is 5.44. The highest BCUT2D eigenvalue weighted by Gasteiger charge is 2.21. The first-order chi connectivity index (χ1) is 15.7. The second kappa shape index (κ2) is 11.4. The van der Waals surface area contributed by atoms with Crippen molar-refractivity contribution in [3.05, 3.63) is 77.4 Å². The molecule has 0 radical (unpaired) electrons. The van der Waals surface area contributed by atoms with Gasteiger partial charge in [0.05, 0.1) is 24.9 Å². The Morgan fingerprint density at radius 2 is 2.03 bits per heavy atom. The standard InChI is InChI=1S/C25H31N5OS/c1-20(15-21-9-4-3-5-10-21)16-29(2)18-24-27-28-25(30(24)17-23-12-8-14-31-23)32-19-22-11-6-7-13-26-22/h3-7,9-11,13,15,23H,8,12,14,16-19H2,1-2H3. The third-order valence-corrected chi connectivity index (χ3v) is 6.42. The number of hydrogen-bond acceptors (Lipinski definition) is 6. The van der Waals surface area contributed by atoms with Gasteiger partial charge in [-0.25, -0.2) is 0 Å². The maximum absolute atomic E-state index is 5.91. The minimum Gasteiger partial charge on any atom is -0.376 e. The minimum absolute atomic E-state index is 0.240. The maximum Gasteiger partial charge on any atom is 0.191 e. The molecule has 4 rings (SSSR count). The van der Waals surface area contributed by atoms with Crippen molar-refractivity contribution in [1.82, 2.24) is 24.6 Å². The van der Waals surface area contributed by atoms with Gasteiger partial charge >= 0.3 is 0 Å². The Morgan fingerprint density at radius 3 is 2.78 bits per heavy atom. The molecule has 0 N–H and O–H groups in total. The van der Waals surface area contributed by atoms with E-state index in [-0.39, 0.29) is 6.10 Å². The molecular formula is C25H31N5OS. The van der Waals surface area contributed by atoms with Crippen molar-refractivity contribution in [2.75, 3.05) is 20.2 Å². The van der Waals surface area contributed by atoms with E-state index < -0.39 is 0 Å². The van der Waals surface area contributed by atoms with Crippen LogP contribution in [0.25, 0.3) is 6.08 Å². The number of benzene rings is 1. The average Bonchev–Trinajstić information content (AvgIpc) is 3.44. The number of rotatable bonds is 10. The summed E-state index contributed by atoms with van der Waals surface area (Å²) in [5.74, 6) is 1.76. The van der Waals surface area contributed by atoms with Crippen molar-refractivity contribution >= 4 is 17.8 Å². The summed E-state index contributed by atoms with van der Waals surface area (Å²) in [6.07, 6.45) is 6.53. The van der Waals surface area contributed by atoms with E-state index in [0.717, 1.165) is 61.5 Å². The molecule has 0 amide bonds. The molecule has 1 aliphatic rings. The molecule has 32 heavy (non-hydrogen) atoms. The summed E-state index contributed by atoms with van der Waals surface area (Å²) in [7, 11) is 2.13. The van der Waals surface area contributed by atoms with Gasteiger partial charge in [-0.05, 0) is 44.5 Å². The summed E-state index contributed by atoms with van der Waals surface area (Å²) in [6, 6.07) is 16.5. The van der Waals surface area contributed by atoms with Gasteiger partial charge in [-0.1, -0.05) is 59.8 Å². The van der Waals surface area contributed by atoms with Gasteiger partial charge in [0.2, 0.25) is 0 Å². The lowest BCUT2D eigenvalue weighted by atomic mass is 10.1. The van der Waals surface area contributed by atoms with E-state index in [2.05, 4.69) is 69.0 Å². The van der Waals surface area contributed by atoms with E-state index in [1.807, 2.05) is 30.5 Å². The Morgan fingerprint density at radius 1 is 1.19 bits per heavy atom. The fourth-order valence-corrected chi connectivity index (χ4v) is 4.82. The Balaban J connectivity index is 1.44. The summed E-state index contributed by atoms with van der Waals surface area (Å²) in [5.41, 5.74) is 3.59. The third kappa shape index (κ3) is 6.51. The van der Waals surface area contributed by atoms with Crippen LogP contribution in [-0.2, 0) is 23.6 Å². The molecule has 0 spiro atoms. The number of hydrogen-bond donors (Lipinski definition) is 0. The molecule has 3 aromatic rings. The molecule has 6 nitrogen and oxygen atoms in total. The molecule has 2 aromatic heterocycles. The summed E-state index contributed by atoms with van der Waals surface area (Å²) in [4.78, 5) is 6.72. The zero-order chi connectivity index (χ0) is 22.2. The van der Waals surface area contributed by atoms with Crippen LogP contribution in [0, 0.1) is 0 Å². The van der Waals surface area contributed by atoms with Gasteiger partial charge in [-0.2, -0.15) is 0 Å². The molecule has 1 aromatic carbocycles. The monoisotopic (exact) mass is 449 g/mol. The predicted octanol–water partition coefficient (Wildman–Crippen LogP) is 4.68. The van der Waals surface area contributed by atoms with E-state index in [9.17, 15) is 0 Å². The van der Waals surface area contributed by atoms with Crippen LogP contribution in [0.4, 0.5) is 0 Å². The molecule has 0 saturated carbocycles. The molecule has 1 atom stereocenters. The van der Waals surface area contributed by atoms with Crippen LogP contribution in [0.3, 0.4) is 0 Å². The fraction of sp³-hybridized carbons (Fsp3) is 0.400. The van der Waals surface area contributed by atoms with Crippen molar-refractivity contribution in [2.45, 2.75) is 49.9 Å². The van der Waals surface area contributed by atoms with Gasteiger partial charge in [-0.3, -0.25) is 9.88 Å². The normalized spacial score (nSPS) is 16.7. The smallest absolute Gasteiger partial charge is 0.191 e. The third-order valence-electron chi connectivity index (χ3n) is 5.42. The van der Waals surface area contributed by atoms with Gasteiger partial charge in [-0.15, -0.1) is 10.2 Å². The van der Waals surface area contributed by atoms with Gasteiger partial charge in [0.1, 0.15) is 5.82 Å². The van der Waals surface area contributed by atoms with E-state index in [0.29, 0.717) is 0 Å². The minimum atomic E-state index is 0.240. The van der Waals surface area contributed by atoms with Crippen LogP contribution in [-0.4, -0.2) is 51.0 Å². The van der Waals surface area contributed by atoms with Crippen LogP contribution in [0.2, 0.25) is 0 Å². The van der Waals surface area contributed by atoms with Crippen LogP contribution < -0.4 is 0 Å². The van der Waals surface area contributed by atoms with Crippen molar-refractivity contribution in [2.24, 2.45) is 0 Å². The number of pyridine rings is 1. The van der Waals surface area contributed by atoms with Gasteiger partial charge < -0.3 is 9.30 Å². The highest BCUT2D eigenvalue weighted by Crippen LogP contribution is 2.24. The Hall–Kier alpha value is -2.48. The van der Waals surface area contributed by atoms with Crippen molar-refractivity contribution in [3.8, 4) is 0 Å². The van der Waals surface area contributed by atoms with Crippen molar-refractivity contribution in [1.29, 1.82) is 0 Å². The molecule has 7 heteroatoms. The Kier molecular flexibility index (Phi) is 8.09. The maximum atomic E-state index is 5.91. The fourth-order valence-electron chi connectivity index (χ4n) is 3.94. The average molecular weight is 450 g/mol. The zero-order valence-corrected chi connectivity index (χ0v) is 19.7. The Bertz CT molecular complexity index is 1000. The number of nitrogens with zero attached hydrogens (tertiary/aromatic N) is 5. The molecule has 0 bridgehead atoms. The van der Waals surface area contributed by atoms with Gasteiger partial charge in [0.15, 0.2) is 5.16 Å². The van der Waals surface area contributed by atoms with Crippen LogP contribution in [0.5, 0.6) is 0 Å². The lowest BCUT2D eigenvalue weighted by Gasteiger charge is -2.19. The first kappa shape index (κ1) is 22.7. The molecule has 168 valence electrons. The predicted molar refractivity (Wildman–Crippen MR) is 129 cm³/mol. The molecule has 0 aliphatic carbocycles. The molecule has 3 heterocycles. The van der Waals surface area contributed by atoms with E-state index in [1.54, 1.807) is 11.8 Å². The number of aromatic nitrogens is 4. The van der Waals surface area contributed by atoms with Crippen LogP contribution in [0.1, 0.15) is 36.8 Å². The summed E-state index contributed by atoms with van der Waals surface area (Å²) >= 11 is 1.69. The topological polar surface area (TPSA) is 56.1 Å². The molecule has 1 saturated heterocycles. The number of thioether (sulfide) groups is 1. The molecule has 1 unspecified atom stereocenters.